The summed E-state index contributed by atoms with van der Waals surface area (Å²) in [6, 6.07) is 4.66. The van der Waals surface area contributed by atoms with Gasteiger partial charge in [0.2, 0.25) is 10.0 Å². The van der Waals surface area contributed by atoms with Gasteiger partial charge in [-0.1, -0.05) is 17.7 Å². The number of hydrogen-bond donors (Lipinski definition) is 2. The lowest BCUT2D eigenvalue weighted by molar-refractivity contribution is 0.0572. The van der Waals surface area contributed by atoms with Crippen molar-refractivity contribution in [3.8, 4) is 0 Å². The van der Waals surface area contributed by atoms with E-state index in [2.05, 4.69) is 0 Å². The van der Waals surface area contributed by atoms with Crippen LogP contribution in [-0.2, 0) is 10.0 Å². The van der Waals surface area contributed by atoms with Crippen molar-refractivity contribution in [1.82, 2.24) is 4.31 Å². The highest BCUT2D eigenvalue weighted by Crippen LogP contribution is 2.27. The second-order valence-corrected chi connectivity index (χ2v) is 6.70. The molecule has 0 amide bonds. The highest BCUT2D eigenvalue weighted by Gasteiger charge is 2.38. The van der Waals surface area contributed by atoms with E-state index in [-0.39, 0.29) is 23.0 Å². The lowest BCUT2D eigenvalue weighted by Crippen LogP contribution is -2.30. The van der Waals surface area contributed by atoms with E-state index in [0.29, 0.717) is 0 Å². The van der Waals surface area contributed by atoms with E-state index in [4.69, 9.17) is 11.6 Å². The van der Waals surface area contributed by atoms with Gasteiger partial charge in [-0.2, -0.15) is 4.31 Å². The maximum atomic E-state index is 12.3. The predicted octanol–water partition coefficient (Wildman–Crippen LogP) is 0.375. The third-order valence-corrected chi connectivity index (χ3v) is 5.25. The van der Waals surface area contributed by atoms with Crippen LogP contribution in [0.5, 0.6) is 0 Å². The number of hydrogen-bond acceptors (Lipinski definition) is 4. The summed E-state index contributed by atoms with van der Waals surface area (Å²) in [6.07, 6.45) is -2.10. The Morgan fingerprint density at radius 3 is 2.33 bits per heavy atom. The van der Waals surface area contributed by atoms with E-state index in [9.17, 15) is 18.6 Å². The molecular formula is C11H14ClNO4S. The average molecular weight is 292 g/mol. The Bertz CT molecular complexity index is 550. The summed E-state index contributed by atoms with van der Waals surface area (Å²) in [7, 11) is -3.77. The standard InChI is InChI=1S/C11H14ClNO4S/c1-7-2-3-11(8(12)4-7)18(16,17)13-5-9(14)10(15)6-13/h2-4,9-10,14-15H,5-6H2,1H3. The predicted molar refractivity (Wildman–Crippen MR) is 67.0 cm³/mol. The zero-order chi connectivity index (χ0) is 13.5. The average Bonchev–Trinajstić information content (AvgIpc) is 2.59. The van der Waals surface area contributed by atoms with Gasteiger partial charge in [-0.3, -0.25) is 0 Å². The molecule has 0 aliphatic carbocycles. The number of halogens is 1. The minimum Gasteiger partial charge on any atom is -0.389 e. The zero-order valence-corrected chi connectivity index (χ0v) is 11.3. The van der Waals surface area contributed by atoms with E-state index >= 15 is 0 Å². The van der Waals surface area contributed by atoms with Gasteiger partial charge in [0, 0.05) is 13.1 Å². The quantitative estimate of drug-likeness (QED) is 0.825. The Morgan fingerprint density at radius 1 is 1.28 bits per heavy atom. The lowest BCUT2D eigenvalue weighted by atomic mass is 10.2. The molecule has 1 aromatic carbocycles. The first kappa shape index (κ1) is 13.8. The van der Waals surface area contributed by atoms with Crippen molar-refractivity contribution >= 4 is 21.6 Å². The largest absolute Gasteiger partial charge is 0.389 e. The number of aliphatic hydroxyl groups is 2. The molecule has 0 bridgehead atoms. The maximum absolute atomic E-state index is 12.3. The number of aliphatic hydroxyl groups excluding tert-OH is 2. The van der Waals surface area contributed by atoms with E-state index in [0.717, 1.165) is 9.87 Å². The molecule has 0 radical (unpaired) electrons. The van der Waals surface area contributed by atoms with Crippen LogP contribution in [0.4, 0.5) is 0 Å². The van der Waals surface area contributed by atoms with Crippen LogP contribution < -0.4 is 0 Å². The van der Waals surface area contributed by atoms with E-state index < -0.39 is 22.2 Å². The number of rotatable bonds is 2. The Hall–Kier alpha value is -0.660. The molecule has 0 saturated carbocycles. The molecule has 1 aliphatic rings. The van der Waals surface area contributed by atoms with Gasteiger partial charge >= 0.3 is 0 Å². The monoisotopic (exact) mass is 291 g/mol. The lowest BCUT2D eigenvalue weighted by Gasteiger charge is -2.16. The fraction of sp³-hybridized carbons (Fsp3) is 0.455. The van der Waals surface area contributed by atoms with Crippen molar-refractivity contribution in [3.05, 3.63) is 28.8 Å². The van der Waals surface area contributed by atoms with Crippen molar-refractivity contribution in [3.63, 3.8) is 0 Å². The molecule has 18 heavy (non-hydrogen) atoms. The van der Waals surface area contributed by atoms with Crippen LogP contribution in [0, 0.1) is 6.92 Å². The Morgan fingerprint density at radius 2 is 1.83 bits per heavy atom. The summed E-state index contributed by atoms with van der Waals surface area (Å²) in [5.41, 5.74) is 0.862. The molecule has 2 atom stereocenters. The van der Waals surface area contributed by atoms with Crippen molar-refractivity contribution < 1.29 is 18.6 Å². The van der Waals surface area contributed by atoms with E-state index in [1.807, 2.05) is 6.92 Å². The first-order valence-electron chi connectivity index (χ1n) is 5.45. The summed E-state index contributed by atoms with van der Waals surface area (Å²) in [4.78, 5) is -0.00364. The van der Waals surface area contributed by atoms with Gasteiger partial charge in [0.1, 0.15) is 4.90 Å². The van der Waals surface area contributed by atoms with E-state index in [1.165, 1.54) is 6.07 Å². The molecule has 1 aliphatic heterocycles. The topological polar surface area (TPSA) is 77.8 Å². The van der Waals surface area contributed by atoms with Crippen LogP contribution >= 0.6 is 11.6 Å². The van der Waals surface area contributed by atoms with Gasteiger partial charge in [-0.15, -0.1) is 0 Å². The van der Waals surface area contributed by atoms with Crippen molar-refractivity contribution in [1.29, 1.82) is 0 Å². The van der Waals surface area contributed by atoms with Crippen LogP contribution in [0.15, 0.2) is 23.1 Å². The van der Waals surface area contributed by atoms with Crippen LogP contribution in [-0.4, -0.2) is 48.2 Å². The molecule has 2 N–H and O–H groups in total. The summed E-state index contributed by atoms with van der Waals surface area (Å²) in [5.74, 6) is 0. The highest BCUT2D eigenvalue weighted by molar-refractivity contribution is 7.89. The van der Waals surface area contributed by atoms with Crippen molar-refractivity contribution in [2.24, 2.45) is 0 Å². The zero-order valence-electron chi connectivity index (χ0n) is 9.75. The van der Waals surface area contributed by atoms with Gasteiger partial charge in [-0.05, 0) is 24.6 Å². The van der Waals surface area contributed by atoms with Crippen LogP contribution in [0.25, 0.3) is 0 Å². The first-order chi connectivity index (χ1) is 8.32. The third kappa shape index (κ3) is 2.39. The van der Waals surface area contributed by atoms with Gasteiger partial charge < -0.3 is 10.2 Å². The molecular weight excluding hydrogens is 278 g/mol. The molecule has 2 unspecified atom stereocenters. The molecule has 1 fully saturated rings. The minimum atomic E-state index is -3.77. The molecule has 2 rings (SSSR count). The highest BCUT2D eigenvalue weighted by atomic mass is 35.5. The van der Waals surface area contributed by atoms with Gasteiger partial charge in [0.05, 0.1) is 17.2 Å². The number of benzene rings is 1. The molecule has 7 heteroatoms. The molecule has 5 nitrogen and oxygen atoms in total. The summed E-state index contributed by atoms with van der Waals surface area (Å²) in [5, 5.41) is 18.9. The summed E-state index contributed by atoms with van der Waals surface area (Å²) in [6.45, 7) is 1.58. The smallest absolute Gasteiger partial charge is 0.244 e. The Balaban J connectivity index is 2.37. The third-order valence-electron chi connectivity index (χ3n) is 2.93. The summed E-state index contributed by atoms with van der Waals surface area (Å²) >= 11 is 5.93. The van der Waals surface area contributed by atoms with Crippen LogP contribution in [0.1, 0.15) is 5.56 Å². The second kappa shape index (κ2) is 4.79. The fourth-order valence-corrected chi connectivity index (χ4v) is 3.93. The minimum absolute atomic E-state index is 0.00364. The number of aryl methyl sites for hydroxylation is 1. The first-order valence-corrected chi connectivity index (χ1v) is 7.26. The van der Waals surface area contributed by atoms with Gasteiger partial charge in [0.25, 0.3) is 0 Å². The number of sulfonamides is 1. The molecule has 0 spiro atoms. The molecule has 1 saturated heterocycles. The SMILES string of the molecule is Cc1ccc(S(=O)(=O)N2CC(O)C(O)C2)c(Cl)c1. The van der Waals surface area contributed by atoms with Crippen LogP contribution in [0.2, 0.25) is 5.02 Å². The van der Waals surface area contributed by atoms with Gasteiger partial charge in [0.15, 0.2) is 0 Å². The van der Waals surface area contributed by atoms with E-state index in [1.54, 1.807) is 12.1 Å². The number of nitrogens with zero attached hydrogens (tertiary/aromatic N) is 1. The summed E-state index contributed by atoms with van der Waals surface area (Å²) < 4.78 is 25.6. The van der Waals surface area contributed by atoms with Crippen LogP contribution in [0.3, 0.4) is 0 Å². The molecule has 100 valence electrons. The number of β-amino-alcohol motifs (C(OH)–C–C–N with tert-alkyl or cyclic N) is 2. The fourth-order valence-electron chi connectivity index (χ4n) is 1.89. The van der Waals surface area contributed by atoms with Crippen molar-refractivity contribution in [2.75, 3.05) is 13.1 Å². The Labute approximate surface area is 111 Å². The normalized spacial score (nSPS) is 25.6. The second-order valence-electron chi connectivity index (χ2n) is 4.39. The Kier molecular flexibility index (Phi) is 3.66. The molecule has 0 aromatic heterocycles. The maximum Gasteiger partial charge on any atom is 0.244 e. The van der Waals surface area contributed by atoms with Gasteiger partial charge in [-0.25, -0.2) is 8.42 Å². The molecule has 1 aromatic rings. The molecule has 1 heterocycles. The van der Waals surface area contributed by atoms with Crippen molar-refractivity contribution in [2.45, 2.75) is 24.0 Å².